The van der Waals surface area contributed by atoms with Gasteiger partial charge in [0, 0.05) is 12.6 Å². The summed E-state index contributed by atoms with van der Waals surface area (Å²) in [6, 6.07) is 7.95. The highest BCUT2D eigenvalue weighted by Crippen LogP contribution is 2.26. The Hall–Kier alpha value is -1.39. The Morgan fingerprint density at radius 3 is 3.15 bits per heavy atom. The molecule has 2 aliphatic rings. The van der Waals surface area contributed by atoms with E-state index < -0.39 is 0 Å². The second-order valence-electron chi connectivity index (χ2n) is 5.41. The van der Waals surface area contributed by atoms with Crippen LogP contribution in [0.2, 0.25) is 0 Å². The first kappa shape index (κ1) is 13.6. The summed E-state index contributed by atoms with van der Waals surface area (Å²) >= 11 is 0. The molecule has 0 bridgehead atoms. The molecule has 2 unspecified atom stereocenters. The zero-order valence-electron chi connectivity index (χ0n) is 11.9. The molecule has 4 nitrogen and oxygen atoms in total. The molecular formula is C16H21NO3. The average molecular weight is 275 g/mol. The summed E-state index contributed by atoms with van der Waals surface area (Å²) in [6.45, 7) is 4.96. The number of ether oxygens (including phenoxy) is 2. The minimum atomic E-state index is -0.356. The third-order valence-corrected chi connectivity index (χ3v) is 4.13. The molecule has 3 rings (SSSR count). The number of ketones is 1. The van der Waals surface area contributed by atoms with Crippen LogP contribution in [0.25, 0.3) is 0 Å². The fourth-order valence-corrected chi connectivity index (χ4v) is 3.10. The van der Waals surface area contributed by atoms with E-state index in [4.69, 9.17) is 9.47 Å². The van der Waals surface area contributed by atoms with Gasteiger partial charge >= 0.3 is 0 Å². The number of fused-ring (bicyclic) bond motifs is 1. The van der Waals surface area contributed by atoms with Crippen LogP contribution in [0.4, 0.5) is 0 Å². The first-order valence-electron chi connectivity index (χ1n) is 7.41. The van der Waals surface area contributed by atoms with Crippen LogP contribution in [0, 0.1) is 0 Å². The van der Waals surface area contributed by atoms with Gasteiger partial charge in [-0.1, -0.05) is 12.1 Å². The fourth-order valence-electron chi connectivity index (χ4n) is 3.10. The zero-order chi connectivity index (χ0) is 13.9. The van der Waals surface area contributed by atoms with E-state index >= 15 is 0 Å². The zero-order valence-corrected chi connectivity index (χ0v) is 11.9. The van der Waals surface area contributed by atoms with Crippen molar-refractivity contribution >= 4 is 5.78 Å². The molecule has 0 radical (unpaired) electrons. The molecule has 2 heterocycles. The second kappa shape index (κ2) is 5.94. The van der Waals surface area contributed by atoms with Crippen molar-refractivity contribution in [2.75, 3.05) is 26.3 Å². The monoisotopic (exact) mass is 275 g/mol. The number of hydrogen-bond acceptors (Lipinski definition) is 4. The summed E-state index contributed by atoms with van der Waals surface area (Å²) in [5, 5.41) is 0. The first-order chi connectivity index (χ1) is 9.79. The van der Waals surface area contributed by atoms with Crippen LogP contribution >= 0.6 is 0 Å². The van der Waals surface area contributed by atoms with Crippen LogP contribution in [0.15, 0.2) is 24.3 Å². The minimum Gasteiger partial charge on any atom is -0.493 e. The molecule has 2 fully saturated rings. The van der Waals surface area contributed by atoms with Crippen LogP contribution in [0.1, 0.15) is 30.1 Å². The Bertz CT molecular complexity index is 488. The molecule has 108 valence electrons. The lowest BCUT2D eigenvalue weighted by molar-refractivity contribution is -0.0345. The highest BCUT2D eigenvalue weighted by atomic mass is 16.5. The highest BCUT2D eigenvalue weighted by Gasteiger charge is 2.36. The van der Waals surface area contributed by atoms with Gasteiger partial charge in [0.2, 0.25) is 0 Å². The predicted octanol–water partition coefficient (Wildman–Crippen LogP) is 2.13. The van der Waals surface area contributed by atoms with E-state index in [0.29, 0.717) is 37.1 Å². The number of carbonyl (C=O) groups is 1. The molecule has 0 N–H and O–H groups in total. The summed E-state index contributed by atoms with van der Waals surface area (Å²) in [5.74, 6) is 0.701. The maximum absolute atomic E-state index is 12.7. The first-order valence-corrected chi connectivity index (χ1v) is 7.41. The van der Waals surface area contributed by atoms with Gasteiger partial charge in [0.25, 0.3) is 0 Å². The minimum absolute atomic E-state index is 0.0411. The van der Waals surface area contributed by atoms with Crippen LogP contribution in [0.5, 0.6) is 5.75 Å². The van der Waals surface area contributed by atoms with Crippen molar-refractivity contribution in [1.29, 1.82) is 0 Å². The van der Waals surface area contributed by atoms with E-state index in [2.05, 4.69) is 4.90 Å². The van der Waals surface area contributed by atoms with Crippen molar-refractivity contribution in [2.45, 2.75) is 31.9 Å². The van der Waals surface area contributed by atoms with Crippen LogP contribution in [0.3, 0.4) is 0 Å². The quantitative estimate of drug-likeness (QED) is 0.789. The Morgan fingerprint density at radius 2 is 2.30 bits per heavy atom. The number of morpholine rings is 1. The van der Waals surface area contributed by atoms with Crippen molar-refractivity contribution in [2.24, 2.45) is 0 Å². The highest BCUT2D eigenvalue weighted by molar-refractivity contribution is 6.02. The summed E-state index contributed by atoms with van der Waals surface area (Å²) in [5.41, 5.74) is 0.636. The maximum atomic E-state index is 12.7. The summed E-state index contributed by atoms with van der Waals surface area (Å²) < 4.78 is 11.3. The molecule has 0 amide bonds. The van der Waals surface area contributed by atoms with E-state index in [9.17, 15) is 4.79 Å². The molecule has 1 aromatic rings. The third-order valence-electron chi connectivity index (χ3n) is 4.13. The normalized spacial score (nSPS) is 26.2. The SMILES string of the molecule is CCOc1ccccc1C(=O)C1CN2CCCC2CO1. The van der Waals surface area contributed by atoms with Crippen molar-refractivity contribution in [3.63, 3.8) is 0 Å². The molecule has 4 heteroatoms. The molecule has 2 atom stereocenters. The van der Waals surface area contributed by atoms with Crippen LogP contribution < -0.4 is 4.74 Å². The average Bonchev–Trinajstić information content (AvgIpc) is 2.95. The molecule has 0 saturated carbocycles. The lowest BCUT2D eigenvalue weighted by Crippen LogP contribution is -2.49. The number of para-hydroxylation sites is 1. The number of nitrogens with zero attached hydrogens (tertiary/aromatic N) is 1. The Balaban J connectivity index is 1.75. The van der Waals surface area contributed by atoms with Gasteiger partial charge < -0.3 is 9.47 Å². The van der Waals surface area contributed by atoms with E-state index in [0.717, 1.165) is 6.54 Å². The van der Waals surface area contributed by atoms with Gasteiger partial charge in [0.05, 0.1) is 18.8 Å². The largest absolute Gasteiger partial charge is 0.493 e. The third kappa shape index (κ3) is 2.58. The van der Waals surface area contributed by atoms with Gasteiger partial charge in [-0.2, -0.15) is 0 Å². The molecule has 0 spiro atoms. The van der Waals surface area contributed by atoms with Crippen LogP contribution in [-0.4, -0.2) is 49.1 Å². The molecule has 20 heavy (non-hydrogen) atoms. The molecule has 0 aromatic heterocycles. The van der Waals surface area contributed by atoms with Gasteiger partial charge in [-0.25, -0.2) is 0 Å². The Labute approximate surface area is 119 Å². The van der Waals surface area contributed by atoms with Crippen molar-refractivity contribution in [3.05, 3.63) is 29.8 Å². The smallest absolute Gasteiger partial charge is 0.196 e. The fraction of sp³-hybridized carbons (Fsp3) is 0.562. The molecule has 2 saturated heterocycles. The van der Waals surface area contributed by atoms with Crippen molar-refractivity contribution in [1.82, 2.24) is 4.90 Å². The van der Waals surface area contributed by atoms with Gasteiger partial charge in [-0.15, -0.1) is 0 Å². The van der Waals surface area contributed by atoms with Crippen LogP contribution in [-0.2, 0) is 4.74 Å². The molecule has 0 aliphatic carbocycles. The lowest BCUT2D eigenvalue weighted by Gasteiger charge is -2.34. The van der Waals surface area contributed by atoms with Crippen molar-refractivity contribution < 1.29 is 14.3 Å². The topological polar surface area (TPSA) is 38.8 Å². The van der Waals surface area contributed by atoms with E-state index in [-0.39, 0.29) is 11.9 Å². The number of carbonyl (C=O) groups excluding carboxylic acids is 1. The van der Waals surface area contributed by atoms with Crippen molar-refractivity contribution in [3.8, 4) is 5.75 Å². The van der Waals surface area contributed by atoms with Gasteiger partial charge in [0.15, 0.2) is 5.78 Å². The summed E-state index contributed by atoms with van der Waals surface area (Å²) in [6.07, 6.45) is 2.05. The van der Waals surface area contributed by atoms with Gasteiger partial charge in [0.1, 0.15) is 11.9 Å². The summed E-state index contributed by atoms with van der Waals surface area (Å²) in [4.78, 5) is 15.0. The Kier molecular flexibility index (Phi) is 4.03. The number of Topliss-reactive ketones (excluding diaryl/α,β-unsaturated/α-hetero) is 1. The van der Waals surface area contributed by atoms with E-state index in [1.807, 2.05) is 31.2 Å². The predicted molar refractivity (Wildman–Crippen MR) is 76.3 cm³/mol. The van der Waals surface area contributed by atoms with Gasteiger partial charge in [-0.05, 0) is 38.4 Å². The van der Waals surface area contributed by atoms with Gasteiger partial charge in [-0.3, -0.25) is 9.69 Å². The number of rotatable bonds is 4. The molecular weight excluding hydrogens is 254 g/mol. The number of hydrogen-bond donors (Lipinski definition) is 0. The molecule has 2 aliphatic heterocycles. The summed E-state index contributed by atoms with van der Waals surface area (Å²) in [7, 11) is 0. The lowest BCUT2D eigenvalue weighted by atomic mass is 10.0. The second-order valence-corrected chi connectivity index (χ2v) is 5.41. The maximum Gasteiger partial charge on any atom is 0.196 e. The van der Waals surface area contributed by atoms with E-state index in [1.165, 1.54) is 12.8 Å². The van der Waals surface area contributed by atoms with E-state index in [1.54, 1.807) is 0 Å². The Morgan fingerprint density at radius 1 is 1.45 bits per heavy atom. The molecule has 1 aromatic carbocycles. The standard InChI is InChI=1S/C16H21NO3/c1-2-19-14-8-4-3-7-13(14)16(18)15-10-17-9-5-6-12(17)11-20-15/h3-4,7-8,12,15H,2,5-6,9-11H2,1H3. The number of benzene rings is 1.